The fourth-order valence-electron chi connectivity index (χ4n) is 4.89. The predicted molar refractivity (Wildman–Crippen MR) is 111 cm³/mol. The van der Waals surface area contributed by atoms with E-state index in [0.717, 1.165) is 39.0 Å². The van der Waals surface area contributed by atoms with E-state index in [2.05, 4.69) is 27.1 Å². The molecule has 0 unspecified atom stereocenters. The molecular formula is C21H31N5O3. The lowest BCUT2D eigenvalue weighted by atomic mass is 9.79. The van der Waals surface area contributed by atoms with E-state index in [4.69, 9.17) is 4.42 Å². The molecule has 29 heavy (non-hydrogen) atoms. The highest BCUT2D eigenvalue weighted by Gasteiger charge is 2.39. The van der Waals surface area contributed by atoms with Crippen molar-refractivity contribution in [1.82, 2.24) is 24.7 Å². The van der Waals surface area contributed by atoms with Crippen molar-refractivity contribution < 1.29 is 9.21 Å². The van der Waals surface area contributed by atoms with Gasteiger partial charge < -0.3 is 19.2 Å². The van der Waals surface area contributed by atoms with Gasteiger partial charge in [-0.25, -0.2) is 4.98 Å². The molecule has 2 aromatic heterocycles. The highest BCUT2D eigenvalue weighted by Crippen LogP contribution is 2.34. The number of fused-ring (bicyclic) bond motifs is 1. The fraction of sp³-hybridized carbons (Fsp3) is 0.667. The number of nitrogens with zero attached hydrogens (tertiary/aromatic N) is 4. The summed E-state index contributed by atoms with van der Waals surface area (Å²) >= 11 is 0. The van der Waals surface area contributed by atoms with Crippen LogP contribution in [0.1, 0.15) is 48.2 Å². The molecule has 0 atom stereocenters. The number of nitrogens with one attached hydrogen (secondary N) is 1. The van der Waals surface area contributed by atoms with Crippen LogP contribution < -0.4 is 10.9 Å². The normalized spacial score (nSPS) is 20.8. The van der Waals surface area contributed by atoms with Crippen LogP contribution >= 0.6 is 0 Å². The quantitative estimate of drug-likeness (QED) is 0.836. The maximum atomic E-state index is 13.2. The molecule has 2 aliphatic rings. The predicted octanol–water partition coefficient (Wildman–Crippen LogP) is 1.52. The van der Waals surface area contributed by atoms with Gasteiger partial charge in [-0.2, -0.15) is 0 Å². The summed E-state index contributed by atoms with van der Waals surface area (Å²) in [4.78, 5) is 34.8. The summed E-state index contributed by atoms with van der Waals surface area (Å²) in [6.45, 7) is 6.50. The molecular weight excluding hydrogens is 370 g/mol. The molecule has 8 heteroatoms. The molecule has 0 bridgehead atoms. The van der Waals surface area contributed by atoms with Crippen LogP contribution in [0.2, 0.25) is 0 Å². The summed E-state index contributed by atoms with van der Waals surface area (Å²) in [7, 11) is 3.79. The number of aryl methyl sites for hydroxylation is 2. The maximum absolute atomic E-state index is 13.2. The molecule has 1 amide bonds. The third kappa shape index (κ3) is 3.71. The second kappa shape index (κ2) is 7.91. The van der Waals surface area contributed by atoms with Crippen LogP contribution in [0.25, 0.3) is 11.1 Å². The zero-order chi connectivity index (χ0) is 20.6. The first-order valence-corrected chi connectivity index (χ1v) is 10.6. The molecule has 8 nitrogen and oxygen atoms in total. The van der Waals surface area contributed by atoms with Crippen molar-refractivity contribution in [2.75, 3.05) is 39.8 Å². The number of hydrogen-bond acceptors (Lipinski definition) is 6. The van der Waals surface area contributed by atoms with Gasteiger partial charge in [-0.1, -0.05) is 19.3 Å². The van der Waals surface area contributed by atoms with Gasteiger partial charge in [0.25, 0.3) is 11.5 Å². The van der Waals surface area contributed by atoms with Crippen LogP contribution in [0, 0.1) is 6.92 Å². The number of carbonyl (C=O) groups is 1. The van der Waals surface area contributed by atoms with Gasteiger partial charge in [-0.15, -0.1) is 0 Å². The summed E-state index contributed by atoms with van der Waals surface area (Å²) in [5.74, 6) is 0.191. The molecule has 1 aliphatic heterocycles. The Bertz CT molecular complexity index is 949. The van der Waals surface area contributed by atoms with Crippen LogP contribution in [0.4, 0.5) is 0 Å². The van der Waals surface area contributed by atoms with Gasteiger partial charge in [0.15, 0.2) is 0 Å². The molecule has 2 aromatic rings. The van der Waals surface area contributed by atoms with Gasteiger partial charge in [0, 0.05) is 45.3 Å². The standard InChI is InChI=1S/C21H31N5O3/c1-15-16(17-19(29-15)23-14-25(3)20(17)28)18(27)22-13-21(7-5-4-6-8-21)26-11-9-24(2)10-12-26/h14H,4-13H2,1-3H3,(H,22,27). The smallest absolute Gasteiger partial charge is 0.265 e. The second-order valence-corrected chi connectivity index (χ2v) is 8.63. The number of aromatic nitrogens is 2. The zero-order valence-corrected chi connectivity index (χ0v) is 17.7. The van der Waals surface area contributed by atoms with Crippen molar-refractivity contribution in [3.63, 3.8) is 0 Å². The monoisotopic (exact) mass is 401 g/mol. The molecule has 1 N–H and O–H groups in total. The zero-order valence-electron chi connectivity index (χ0n) is 17.7. The molecule has 4 rings (SSSR count). The average molecular weight is 402 g/mol. The Labute approximate surface area is 170 Å². The van der Waals surface area contributed by atoms with Crippen LogP contribution in [0.3, 0.4) is 0 Å². The van der Waals surface area contributed by atoms with Crippen LogP contribution in [0.5, 0.6) is 0 Å². The largest absolute Gasteiger partial charge is 0.442 e. The molecule has 0 spiro atoms. The van der Waals surface area contributed by atoms with Crippen LogP contribution in [-0.2, 0) is 7.05 Å². The number of furan rings is 1. The van der Waals surface area contributed by atoms with E-state index < -0.39 is 0 Å². The lowest BCUT2D eigenvalue weighted by Gasteiger charge is -2.49. The highest BCUT2D eigenvalue weighted by molar-refractivity contribution is 6.06. The number of likely N-dealkylation sites (N-methyl/N-ethyl adjacent to an activating group) is 1. The van der Waals surface area contributed by atoms with Gasteiger partial charge in [0.2, 0.25) is 5.71 Å². The Kier molecular flexibility index (Phi) is 5.48. The minimum Gasteiger partial charge on any atom is -0.442 e. The second-order valence-electron chi connectivity index (χ2n) is 8.63. The lowest BCUT2D eigenvalue weighted by Crippen LogP contribution is -2.61. The minimum atomic E-state index is -0.261. The first-order valence-electron chi connectivity index (χ1n) is 10.6. The van der Waals surface area contributed by atoms with Gasteiger partial charge in [0.1, 0.15) is 17.5 Å². The summed E-state index contributed by atoms with van der Waals surface area (Å²) in [5.41, 5.74) is 0.287. The van der Waals surface area contributed by atoms with E-state index in [9.17, 15) is 9.59 Å². The molecule has 1 saturated carbocycles. The summed E-state index contributed by atoms with van der Waals surface area (Å²) in [6.07, 6.45) is 7.27. The molecule has 1 aliphatic carbocycles. The van der Waals surface area contributed by atoms with Crippen molar-refractivity contribution in [3.8, 4) is 0 Å². The molecule has 3 heterocycles. The minimum absolute atomic E-state index is 0.00578. The molecule has 0 radical (unpaired) electrons. The highest BCUT2D eigenvalue weighted by atomic mass is 16.3. The molecule has 158 valence electrons. The van der Waals surface area contributed by atoms with E-state index in [1.807, 2.05) is 0 Å². The summed E-state index contributed by atoms with van der Waals surface area (Å²) < 4.78 is 6.98. The molecule has 1 saturated heterocycles. The van der Waals surface area contributed by atoms with E-state index in [-0.39, 0.29) is 28.1 Å². The first-order chi connectivity index (χ1) is 13.9. The number of rotatable bonds is 4. The van der Waals surface area contributed by atoms with E-state index in [1.54, 1.807) is 14.0 Å². The van der Waals surface area contributed by atoms with Crippen molar-refractivity contribution >= 4 is 17.0 Å². The van der Waals surface area contributed by atoms with Gasteiger partial charge >= 0.3 is 0 Å². The van der Waals surface area contributed by atoms with Crippen LogP contribution in [0.15, 0.2) is 15.5 Å². The van der Waals surface area contributed by atoms with Crippen molar-refractivity contribution in [2.24, 2.45) is 7.05 Å². The van der Waals surface area contributed by atoms with Crippen molar-refractivity contribution in [3.05, 3.63) is 28.0 Å². The topological polar surface area (TPSA) is 83.6 Å². The number of hydrogen-bond donors (Lipinski definition) is 1. The molecule has 2 fully saturated rings. The number of amides is 1. The van der Waals surface area contributed by atoms with Gasteiger partial charge in [-0.05, 0) is 26.8 Å². The van der Waals surface area contributed by atoms with Crippen LogP contribution in [-0.4, -0.2) is 70.6 Å². The maximum Gasteiger partial charge on any atom is 0.265 e. The van der Waals surface area contributed by atoms with Gasteiger partial charge in [0.05, 0.1) is 5.56 Å². The van der Waals surface area contributed by atoms with E-state index in [0.29, 0.717) is 17.9 Å². The Balaban J connectivity index is 1.58. The fourth-order valence-corrected chi connectivity index (χ4v) is 4.89. The first kappa shape index (κ1) is 20.1. The van der Waals surface area contributed by atoms with Crippen molar-refractivity contribution in [2.45, 2.75) is 44.6 Å². The average Bonchev–Trinajstić information content (AvgIpc) is 3.07. The third-order valence-electron chi connectivity index (χ3n) is 6.71. The Morgan fingerprint density at radius 2 is 1.86 bits per heavy atom. The van der Waals surface area contributed by atoms with E-state index in [1.165, 1.54) is 30.2 Å². The van der Waals surface area contributed by atoms with Crippen molar-refractivity contribution in [1.29, 1.82) is 0 Å². The summed E-state index contributed by atoms with van der Waals surface area (Å²) in [5, 5.41) is 3.42. The third-order valence-corrected chi connectivity index (χ3v) is 6.71. The SMILES string of the molecule is Cc1oc2ncn(C)c(=O)c2c1C(=O)NCC1(N2CCN(C)CC2)CCCCC1. The van der Waals surface area contributed by atoms with E-state index >= 15 is 0 Å². The Morgan fingerprint density at radius 3 is 2.55 bits per heavy atom. The molecule has 0 aromatic carbocycles. The lowest BCUT2D eigenvalue weighted by molar-refractivity contribution is 0.0138. The summed E-state index contributed by atoms with van der Waals surface area (Å²) in [6, 6.07) is 0. The number of carbonyl (C=O) groups excluding carboxylic acids is 1. The Hall–Kier alpha value is -2.19. The van der Waals surface area contributed by atoms with Gasteiger partial charge in [-0.3, -0.25) is 14.5 Å². The Morgan fingerprint density at radius 1 is 1.17 bits per heavy atom. The number of piperazine rings is 1.